The van der Waals surface area contributed by atoms with Gasteiger partial charge in [-0.15, -0.1) is 0 Å². The van der Waals surface area contributed by atoms with Crippen molar-refractivity contribution in [3.05, 3.63) is 41.7 Å². The van der Waals surface area contributed by atoms with Crippen molar-refractivity contribution in [2.24, 2.45) is 0 Å². The van der Waals surface area contributed by atoms with Crippen LogP contribution in [-0.4, -0.2) is 19.6 Å². The van der Waals surface area contributed by atoms with E-state index in [1.54, 1.807) is 16.8 Å². The van der Waals surface area contributed by atoms with Crippen molar-refractivity contribution < 1.29 is 4.42 Å². The SMILES string of the molecule is Clc1cc(NCc2ccco2)n2ncnc2n1. The topological polar surface area (TPSA) is 68.2 Å². The minimum absolute atomic E-state index is 0.368. The zero-order valence-corrected chi connectivity index (χ0v) is 9.42. The summed E-state index contributed by atoms with van der Waals surface area (Å²) in [4.78, 5) is 8.01. The molecule has 0 aliphatic rings. The summed E-state index contributed by atoms with van der Waals surface area (Å²) in [5.74, 6) is 2.00. The molecule has 1 N–H and O–H groups in total. The van der Waals surface area contributed by atoms with E-state index in [0.29, 0.717) is 23.3 Å². The first-order chi connectivity index (χ1) is 8.33. The van der Waals surface area contributed by atoms with Gasteiger partial charge in [0.2, 0.25) is 0 Å². The quantitative estimate of drug-likeness (QED) is 0.719. The van der Waals surface area contributed by atoms with Gasteiger partial charge in [-0.3, -0.25) is 0 Å². The minimum Gasteiger partial charge on any atom is -0.467 e. The predicted molar refractivity (Wildman–Crippen MR) is 61.8 cm³/mol. The Morgan fingerprint density at radius 3 is 3.24 bits per heavy atom. The third-order valence-corrected chi connectivity index (χ3v) is 2.44. The first-order valence-corrected chi connectivity index (χ1v) is 5.33. The standard InChI is InChI=1S/C10H8ClN5O/c11-8-4-9(12-5-7-2-1-3-17-7)16-10(15-8)13-6-14-16/h1-4,6,12H,5H2. The van der Waals surface area contributed by atoms with Crippen molar-refractivity contribution in [2.75, 3.05) is 5.32 Å². The Morgan fingerprint density at radius 1 is 1.47 bits per heavy atom. The molecule has 0 bridgehead atoms. The molecular formula is C10H8ClN5O. The van der Waals surface area contributed by atoms with Crippen molar-refractivity contribution in [3.63, 3.8) is 0 Å². The second-order valence-corrected chi connectivity index (χ2v) is 3.76. The van der Waals surface area contributed by atoms with Gasteiger partial charge in [-0.1, -0.05) is 11.6 Å². The van der Waals surface area contributed by atoms with E-state index in [4.69, 9.17) is 16.0 Å². The van der Waals surface area contributed by atoms with Gasteiger partial charge >= 0.3 is 0 Å². The van der Waals surface area contributed by atoms with Crippen LogP contribution < -0.4 is 5.32 Å². The van der Waals surface area contributed by atoms with E-state index in [0.717, 1.165) is 5.76 Å². The van der Waals surface area contributed by atoms with Gasteiger partial charge in [0.1, 0.15) is 23.1 Å². The number of hydrogen-bond acceptors (Lipinski definition) is 5. The number of halogens is 1. The highest BCUT2D eigenvalue weighted by atomic mass is 35.5. The second-order valence-electron chi connectivity index (χ2n) is 3.37. The maximum atomic E-state index is 5.89. The van der Waals surface area contributed by atoms with Gasteiger partial charge in [0.15, 0.2) is 0 Å². The zero-order valence-electron chi connectivity index (χ0n) is 8.67. The third kappa shape index (κ3) is 1.94. The highest BCUT2D eigenvalue weighted by molar-refractivity contribution is 6.29. The Kier molecular flexibility index (Phi) is 2.41. The van der Waals surface area contributed by atoms with Crippen LogP contribution in [-0.2, 0) is 6.54 Å². The smallest absolute Gasteiger partial charge is 0.255 e. The van der Waals surface area contributed by atoms with Crippen LogP contribution in [0.4, 0.5) is 5.82 Å². The number of nitrogens with one attached hydrogen (secondary N) is 1. The van der Waals surface area contributed by atoms with E-state index < -0.39 is 0 Å². The van der Waals surface area contributed by atoms with Gasteiger partial charge in [0.25, 0.3) is 5.78 Å². The maximum absolute atomic E-state index is 5.89. The molecule has 3 aromatic heterocycles. The van der Waals surface area contributed by atoms with Gasteiger partial charge in [0.05, 0.1) is 12.8 Å². The van der Waals surface area contributed by atoms with Crippen LogP contribution in [0.3, 0.4) is 0 Å². The molecule has 0 unspecified atom stereocenters. The first kappa shape index (κ1) is 10.1. The van der Waals surface area contributed by atoms with Crippen molar-refractivity contribution in [2.45, 2.75) is 6.54 Å². The minimum atomic E-state index is 0.368. The molecule has 3 aromatic rings. The first-order valence-electron chi connectivity index (χ1n) is 4.95. The lowest BCUT2D eigenvalue weighted by atomic mass is 10.4. The predicted octanol–water partition coefficient (Wildman–Crippen LogP) is 1.98. The summed E-state index contributed by atoms with van der Waals surface area (Å²) >= 11 is 5.89. The zero-order chi connectivity index (χ0) is 11.7. The summed E-state index contributed by atoms with van der Waals surface area (Å²) in [7, 11) is 0. The second kappa shape index (κ2) is 4.06. The summed E-state index contributed by atoms with van der Waals surface area (Å²) in [6.07, 6.45) is 3.05. The van der Waals surface area contributed by atoms with Crippen molar-refractivity contribution in [3.8, 4) is 0 Å². The molecule has 0 fully saturated rings. The largest absolute Gasteiger partial charge is 0.467 e. The third-order valence-electron chi connectivity index (χ3n) is 2.24. The van der Waals surface area contributed by atoms with Crippen LogP contribution in [0.15, 0.2) is 35.2 Å². The highest BCUT2D eigenvalue weighted by Gasteiger charge is 2.06. The van der Waals surface area contributed by atoms with Gasteiger partial charge in [-0.05, 0) is 12.1 Å². The van der Waals surface area contributed by atoms with Gasteiger partial charge in [-0.2, -0.15) is 19.6 Å². The molecule has 0 spiro atoms. The molecule has 3 rings (SSSR count). The van der Waals surface area contributed by atoms with E-state index in [2.05, 4.69) is 20.4 Å². The Labute approximate surface area is 101 Å². The van der Waals surface area contributed by atoms with Crippen molar-refractivity contribution in [1.29, 1.82) is 0 Å². The van der Waals surface area contributed by atoms with Crippen LogP contribution in [0.2, 0.25) is 5.15 Å². The normalized spacial score (nSPS) is 10.9. The molecule has 7 heteroatoms. The average Bonchev–Trinajstić information content (AvgIpc) is 2.95. The molecule has 3 heterocycles. The lowest BCUT2D eigenvalue weighted by Crippen LogP contribution is -2.05. The Bertz CT molecular complexity index is 633. The van der Waals surface area contributed by atoms with Crippen LogP contribution in [0.5, 0.6) is 0 Å². The Hall–Kier alpha value is -2.08. The lowest BCUT2D eigenvalue weighted by Gasteiger charge is -2.06. The molecule has 0 radical (unpaired) electrons. The maximum Gasteiger partial charge on any atom is 0.255 e. The monoisotopic (exact) mass is 249 g/mol. The van der Waals surface area contributed by atoms with Gasteiger partial charge in [0, 0.05) is 6.07 Å². The van der Waals surface area contributed by atoms with Crippen molar-refractivity contribution >= 4 is 23.2 Å². The lowest BCUT2D eigenvalue weighted by molar-refractivity contribution is 0.517. The number of aromatic nitrogens is 4. The van der Waals surface area contributed by atoms with Crippen LogP contribution >= 0.6 is 11.6 Å². The molecule has 6 nitrogen and oxygen atoms in total. The summed E-state index contributed by atoms with van der Waals surface area (Å²) in [5, 5.41) is 7.58. The van der Waals surface area contributed by atoms with Crippen molar-refractivity contribution in [1.82, 2.24) is 19.6 Å². The molecule has 86 valence electrons. The van der Waals surface area contributed by atoms with E-state index in [9.17, 15) is 0 Å². The van der Waals surface area contributed by atoms with E-state index in [1.165, 1.54) is 6.33 Å². The molecule has 0 aliphatic heterocycles. The number of fused-ring (bicyclic) bond motifs is 1. The number of hydrogen-bond donors (Lipinski definition) is 1. The molecular weight excluding hydrogens is 242 g/mol. The fourth-order valence-electron chi connectivity index (χ4n) is 1.50. The molecule has 0 aliphatic carbocycles. The van der Waals surface area contributed by atoms with Crippen LogP contribution in [0.1, 0.15) is 5.76 Å². The van der Waals surface area contributed by atoms with E-state index in [1.807, 2.05) is 12.1 Å². The van der Waals surface area contributed by atoms with Crippen LogP contribution in [0, 0.1) is 0 Å². The molecule has 0 saturated heterocycles. The molecule has 0 amide bonds. The number of nitrogens with zero attached hydrogens (tertiary/aromatic N) is 4. The highest BCUT2D eigenvalue weighted by Crippen LogP contribution is 2.15. The number of anilines is 1. The Morgan fingerprint density at radius 2 is 2.41 bits per heavy atom. The van der Waals surface area contributed by atoms with Crippen LogP contribution in [0.25, 0.3) is 5.78 Å². The van der Waals surface area contributed by atoms with Gasteiger partial charge in [-0.25, -0.2) is 0 Å². The summed E-state index contributed by atoms with van der Waals surface area (Å²) < 4.78 is 6.80. The van der Waals surface area contributed by atoms with E-state index in [-0.39, 0.29) is 0 Å². The molecule has 0 atom stereocenters. The summed E-state index contributed by atoms with van der Waals surface area (Å²) in [6, 6.07) is 5.40. The summed E-state index contributed by atoms with van der Waals surface area (Å²) in [6.45, 7) is 0.544. The molecule has 0 aromatic carbocycles. The number of rotatable bonds is 3. The summed E-state index contributed by atoms with van der Waals surface area (Å²) in [5.41, 5.74) is 0. The van der Waals surface area contributed by atoms with Gasteiger partial charge < -0.3 is 9.73 Å². The molecule has 0 saturated carbocycles. The number of furan rings is 1. The van der Waals surface area contributed by atoms with E-state index >= 15 is 0 Å². The fourth-order valence-corrected chi connectivity index (χ4v) is 1.68. The Balaban J connectivity index is 1.91. The fraction of sp³-hybridized carbons (Fsp3) is 0.100. The average molecular weight is 250 g/mol. The molecule has 17 heavy (non-hydrogen) atoms.